The van der Waals surface area contributed by atoms with Gasteiger partial charge in [-0.3, -0.25) is 0 Å². The first-order valence-electron chi connectivity index (χ1n) is 5.41. The molecule has 0 radical (unpaired) electrons. The van der Waals surface area contributed by atoms with Gasteiger partial charge in [-0.15, -0.1) is 0 Å². The maximum Gasteiger partial charge on any atom is 0.129 e. The van der Waals surface area contributed by atoms with E-state index in [0.29, 0.717) is 6.04 Å². The van der Waals surface area contributed by atoms with Crippen LogP contribution in [0.15, 0.2) is 12.4 Å². The van der Waals surface area contributed by atoms with Crippen LogP contribution < -0.4 is 5.32 Å². The van der Waals surface area contributed by atoms with Crippen molar-refractivity contribution in [2.24, 2.45) is 0 Å². The zero-order valence-corrected chi connectivity index (χ0v) is 8.66. The first kappa shape index (κ1) is 9.59. The summed E-state index contributed by atoms with van der Waals surface area (Å²) in [5.74, 6) is 0.974. The van der Waals surface area contributed by atoms with Gasteiger partial charge in [0.2, 0.25) is 0 Å². The second-order valence-electron chi connectivity index (χ2n) is 3.86. The summed E-state index contributed by atoms with van der Waals surface area (Å²) >= 11 is 0. The van der Waals surface area contributed by atoms with E-state index < -0.39 is 0 Å². The van der Waals surface area contributed by atoms with Gasteiger partial charge in [-0.25, -0.2) is 9.97 Å². The van der Waals surface area contributed by atoms with Gasteiger partial charge in [-0.2, -0.15) is 0 Å². The zero-order valence-electron chi connectivity index (χ0n) is 8.66. The first-order chi connectivity index (χ1) is 6.88. The fraction of sp³-hybridized carbons (Fsp3) is 0.636. The van der Waals surface area contributed by atoms with Crippen molar-refractivity contribution in [2.75, 3.05) is 6.54 Å². The van der Waals surface area contributed by atoms with E-state index in [1.165, 1.54) is 18.4 Å². The molecule has 1 aliphatic heterocycles. The molecule has 14 heavy (non-hydrogen) atoms. The van der Waals surface area contributed by atoms with Crippen molar-refractivity contribution in [1.82, 2.24) is 15.3 Å². The molecule has 0 saturated carbocycles. The molecule has 1 atom stereocenters. The minimum Gasteiger partial charge on any atom is -0.314 e. The van der Waals surface area contributed by atoms with E-state index >= 15 is 0 Å². The van der Waals surface area contributed by atoms with Crippen molar-refractivity contribution in [1.29, 1.82) is 0 Å². The minimum absolute atomic E-state index is 0.600. The molecule has 0 bridgehead atoms. The summed E-state index contributed by atoms with van der Waals surface area (Å²) in [4.78, 5) is 8.72. The highest BCUT2D eigenvalue weighted by Crippen LogP contribution is 2.09. The van der Waals surface area contributed by atoms with E-state index in [0.717, 1.165) is 25.2 Å². The average Bonchev–Trinajstić information content (AvgIpc) is 2.72. The van der Waals surface area contributed by atoms with Crippen molar-refractivity contribution in [3.63, 3.8) is 0 Å². The number of hydrogen-bond acceptors (Lipinski definition) is 3. The molecule has 1 aromatic heterocycles. The van der Waals surface area contributed by atoms with Crippen LogP contribution in [-0.4, -0.2) is 22.6 Å². The molecular formula is C11H17N3. The van der Waals surface area contributed by atoms with E-state index in [1.807, 2.05) is 12.4 Å². The van der Waals surface area contributed by atoms with Crippen molar-refractivity contribution in [2.45, 2.75) is 38.6 Å². The van der Waals surface area contributed by atoms with Gasteiger partial charge in [0, 0.05) is 24.9 Å². The van der Waals surface area contributed by atoms with Gasteiger partial charge in [-0.1, -0.05) is 6.92 Å². The number of aromatic nitrogens is 2. The van der Waals surface area contributed by atoms with Gasteiger partial charge in [0.15, 0.2) is 0 Å². The van der Waals surface area contributed by atoms with Crippen LogP contribution in [0.1, 0.15) is 31.2 Å². The molecule has 0 spiro atoms. The molecule has 2 heterocycles. The summed E-state index contributed by atoms with van der Waals surface area (Å²) < 4.78 is 0. The average molecular weight is 191 g/mol. The molecule has 1 unspecified atom stereocenters. The molecule has 3 heteroatoms. The van der Waals surface area contributed by atoms with Gasteiger partial charge in [0.1, 0.15) is 5.82 Å². The lowest BCUT2D eigenvalue weighted by atomic mass is 10.1. The van der Waals surface area contributed by atoms with Crippen molar-refractivity contribution < 1.29 is 0 Å². The summed E-state index contributed by atoms with van der Waals surface area (Å²) in [7, 11) is 0. The molecule has 76 valence electrons. The fourth-order valence-electron chi connectivity index (χ4n) is 1.82. The summed E-state index contributed by atoms with van der Waals surface area (Å²) in [6.45, 7) is 3.27. The Balaban J connectivity index is 1.95. The van der Waals surface area contributed by atoms with Gasteiger partial charge in [-0.05, 0) is 31.4 Å². The van der Waals surface area contributed by atoms with Crippen LogP contribution in [0.4, 0.5) is 0 Å². The van der Waals surface area contributed by atoms with Crippen molar-refractivity contribution in [3.05, 3.63) is 23.8 Å². The molecule has 1 fully saturated rings. The maximum absolute atomic E-state index is 4.36. The normalized spacial score (nSPS) is 21.4. The predicted molar refractivity (Wildman–Crippen MR) is 56.1 cm³/mol. The van der Waals surface area contributed by atoms with Crippen LogP contribution in [0.5, 0.6) is 0 Å². The van der Waals surface area contributed by atoms with Crippen LogP contribution in [0.2, 0.25) is 0 Å². The summed E-state index contributed by atoms with van der Waals surface area (Å²) in [6.07, 6.45) is 8.43. The van der Waals surface area contributed by atoms with Crippen molar-refractivity contribution in [3.8, 4) is 0 Å². The summed E-state index contributed by atoms with van der Waals surface area (Å²) in [6, 6.07) is 0.600. The van der Waals surface area contributed by atoms with Crippen LogP contribution in [0, 0.1) is 0 Å². The second-order valence-corrected chi connectivity index (χ2v) is 3.86. The van der Waals surface area contributed by atoms with Gasteiger partial charge >= 0.3 is 0 Å². The molecule has 1 N–H and O–H groups in total. The third-order valence-electron chi connectivity index (χ3n) is 2.76. The Hall–Kier alpha value is -0.960. The highest BCUT2D eigenvalue weighted by Gasteiger charge is 2.15. The lowest BCUT2D eigenvalue weighted by molar-refractivity contribution is 0.584. The molecule has 1 saturated heterocycles. The van der Waals surface area contributed by atoms with Crippen LogP contribution in [-0.2, 0) is 12.8 Å². The van der Waals surface area contributed by atoms with E-state index in [4.69, 9.17) is 0 Å². The Morgan fingerprint density at radius 2 is 2.21 bits per heavy atom. The quantitative estimate of drug-likeness (QED) is 0.783. The lowest BCUT2D eigenvalue weighted by Crippen LogP contribution is -2.24. The van der Waals surface area contributed by atoms with Crippen LogP contribution >= 0.6 is 0 Å². The highest BCUT2D eigenvalue weighted by molar-refractivity contribution is 5.05. The standard InChI is InChI=1S/C11H17N3/c1-2-9-7-13-11(14-8-9)6-10-4-3-5-12-10/h7-8,10,12H,2-6H2,1H3. The number of hydrogen-bond donors (Lipinski definition) is 1. The van der Waals surface area contributed by atoms with E-state index in [2.05, 4.69) is 22.2 Å². The van der Waals surface area contributed by atoms with E-state index in [-0.39, 0.29) is 0 Å². The Bertz CT molecular complexity index is 275. The highest BCUT2D eigenvalue weighted by atomic mass is 15.0. The van der Waals surface area contributed by atoms with Gasteiger partial charge in [0.05, 0.1) is 0 Å². The molecular weight excluding hydrogens is 174 g/mol. The summed E-state index contributed by atoms with van der Waals surface area (Å²) in [5.41, 5.74) is 1.22. The number of aryl methyl sites for hydroxylation is 1. The number of rotatable bonds is 3. The minimum atomic E-state index is 0.600. The van der Waals surface area contributed by atoms with Crippen molar-refractivity contribution >= 4 is 0 Å². The largest absolute Gasteiger partial charge is 0.314 e. The van der Waals surface area contributed by atoms with Gasteiger partial charge < -0.3 is 5.32 Å². The number of nitrogens with one attached hydrogen (secondary N) is 1. The Morgan fingerprint density at radius 1 is 1.43 bits per heavy atom. The van der Waals surface area contributed by atoms with Crippen LogP contribution in [0.3, 0.4) is 0 Å². The third kappa shape index (κ3) is 2.29. The molecule has 2 rings (SSSR count). The Kier molecular flexibility index (Phi) is 3.09. The Morgan fingerprint density at radius 3 is 2.79 bits per heavy atom. The second kappa shape index (κ2) is 4.51. The SMILES string of the molecule is CCc1cnc(CC2CCCN2)nc1. The Labute approximate surface area is 85.0 Å². The number of nitrogens with zero attached hydrogens (tertiary/aromatic N) is 2. The molecule has 0 aromatic carbocycles. The molecule has 1 aliphatic rings. The smallest absolute Gasteiger partial charge is 0.129 e. The van der Waals surface area contributed by atoms with Gasteiger partial charge in [0.25, 0.3) is 0 Å². The molecule has 1 aromatic rings. The predicted octanol–water partition coefficient (Wildman–Crippen LogP) is 1.33. The summed E-state index contributed by atoms with van der Waals surface area (Å²) in [5, 5.41) is 3.45. The first-order valence-corrected chi connectivity index (χ1v) is 5.41. The monoisotopic (exact) mass is 191 g/mol. The van der Waals surface area contributed by atoms with Crippen LogP contribution in [0.25, 0.3) is 0 Å². The zero-order chi connectivity index (χ0) is 9.80. The fourth-order valence-corrected chi connectivity index (χ4v) is 1.82. The molecule has 0 aliphatic carbocycles. The maximum atomic E-state index is 4.36. The third-order valence-corrected chi connectivity index (χ3v) is 2.76. The molecule has 3 nitrogen and oxygen atoms in total. The molecule has 0 amide bonds. The lowest BCUT2D eigenvalue weighted by Gasteiger charge is -2.08. The van der Waals surface area contributed by atoms with E-state index in [9.17, 15) is 0 Å². The topological polar surface area (TPSA) is 37.8 Å². The van der Waals surface area contributed by atoms with E-state index in [1.54, 1.807) is 0 Å².